The maximum atomic E-state index is 14.9. The third kappa shape index (κ3) is 12.3. The number of nitrogens with one attached hydrogen (secondary N) is 4. The van der Waals surface area contributed by atoms with Crippen LogP contribution in [0.25, 0.3) is 0 Å². The highest BCUT2D eigenvalue weighted by Gasteiger charge is 2.48. The van der Waals surface area contributed by atoms with E-state index in [1.165, 1.54) is 6.08 Å². The van der Waals surface area contributed by atoms with Gasteiger partial charge in [-0.3, -0.25) is 19.2 Å². The zero-order valence-electron chi connectivity index (χ0n) is 33.0. The van der Waals surface area contributed by atoms with E-state index < -0.39 is 57.1 Å². The van der Waals surface area contributed by atoms with Gasteiger partial charge in [-0.25, -0.2) is 13.2 Å². The summed E-state index contributed by atoms with van der Waals surface area (Å²) in [5.41, 5.74) is -1.22. The van der Waals surface area contributed by atoms with Gasteiger partial charge in [-0.2, -0.15) is 0 Å². The summed E-state index contributed by atoms with van der Waals surface area (Å²) in [5.74, 6) is -2.00. The molecule has 5 amide bonds. The number of nitrogens with zero attached hydrogens (tertiary/aromatic N) is 1. The number of rotatable bonds is 17. The number of sulfone groups is 1. The number of piperidine rings is 1. The van der Waals surface area contributed by atoms with Crippen molar-refractivity contribution in [1.82, 2.24) is 26.2 Å². The molecular formula is C40H67N5O7S. The van der Waals surface area contributed by atoms with Gasteiger partial charge in [0.15, 0.2) is 9.84 Å². The maximum Gasteiger partial charge on any atom is 0.315 e. The van der Waals surface area contributed by atoms with E-state index >= 15 is 0 Å². The third-order valence-electron chi connectivity index (χ3n) is 12.4. The van der Waals surface area contributed by atoms with Crippen molar-refractivity contribution in [2.45, 2.75) is 155 Å². The molecule has 13 heteroatoms. The van der Waals surface area contributed by atoms with E-state index in [9.17, 15) is 32.4 Å². The fourth-order valence-corrected chi connectivity index (χ4v) is 10.6. The minimum atomic E-state index is -3.44. The molecule has 4 N–H and O–H groups in total. The highest BCUT2D eigenvalue weighted by Crippen LogP contribution is 2.40. The lowest BCUT2D eigenvalue weighted by atomic mass is 9.71. The van der Waals surface area contributed by atoms with Gasteiger partial charge in [-0.05, 0) is 74.0 Å². The van der Waals surface area contributed by atoms with Crippen LogP contribution in [-0.2, 0) is 29.0 Å². The molecule has 1 saturated heterocycles. The average molecular weight is 762 g/mol. The van der Waals surface area contributed by atoms with Gasteiger partial charge in [0.25, 0.3) is 5.91 Å². The molecule has 0 spiro atoms. The molecule has 3 aliphatic carbocycles. The van der Waals surface area contributed by atoms with Crippen molar-refractivity contribution in [3.8, 4) is 0 Å². The maximum absolute atomic E-state index is 14.9. The number of likely N-dealkylation sites (tertiary alicyclic amines) is 1. The van der Waals surface area contributed by atoms with Crippen LogP contribution < -0.4 is 21.3 Å². The fraction of sp³-hybridized carbons (Fsp3) is 0.825. The highest BCUT2D eigenvalue weighted by molar-refractivity contribution is 7.91. The van der Waals surface area contributed by atoms with E-state index in [0.29, 0.717) is 32.1 Å². The van der Waals surface area contributed by atoms with Crippen molar-refractivity contribution in [3.05, 3.63) is 12.7 Å². The Kier molecular flexibility index (Phi) is 15.0. The molecule has 0 aromatic carbocycles. The molecular weight excluding hydrogens is 695 g/mol. The molecule has 53 heavy (non-hydrogen) atoms. The molecule has 0 aromatic rings. The molecule has 300 valence electrons. The standard InChI is InChI=1S/C40H67N5O7S/c1-7-21-41-36(48)34(46)31(23-29-16-17-29)42-35(47)32-24-39(5,6)28(4)25-45(32)37(49)33(30-14-10-8-11-15-30)43-38(50)44-40(19-12-9-13-20-40)26-53(51,52)22-18-27(2)3/h7,27-33H,1,8-26H2,2-6H3,(H,41,48)(H,42,47)(H2,43,44,50)/t28?,31?,32-,33-/m0/s1. The first-order chi connectivity index (χ1) is 25.0. The fourth-order valence-electron chi connectivity index (χ4n) is 8.44. The van der Waals surface area contributed by atoms with Crippen molar-refractivity contribution < 1.29 is 32.4 Å². The number of carbonyl (C=O) groups is 5. The van der Waals surface area contributed by atoms with E-state index in [0.717, 1.165) is 64.2 Å². The summed E-state index contributed by atoms with van der Waals surface area (Å²) in [5, 5.41) is 11.5. The van der Waals surface area contributed by atoms with Crippen molar-refractivity contribution in [1.29, 1.82) is 0 Å². The van der Waals surface area contributed by atoms with Gasteiger partial charge in [-0.15, -0.1) is 6.58 Å². The van der Waals surface area contributed by atoms with Crippen molar-refractivity contribution in [2.75, 3.05) is 24.6 Å². The Hall–Kier alpha value is -2.96. The lowest BCUT2D eigenvalue weighted by molar-refractivity contribution is -0.151. The Bertz CT molecular complexity index is 1430. The molecule has 0 aromatic heterocycles. The van der Waals surface area contributed by atoms with Gasteiger partial charge in [0.1, 0.15) is 12.1 Å². The van der Waals surface area contributed by atoms with Crippen molar-refractivity contribution >= 4 is 39.4 Å². The Morgan fingerprint density at radius 1 is 0.925 bits per heavy atom. The number of ketones is 1. The first-order valence-electron chi connectivity index (χ1n) is 20.3. The predicted molar refractivity (Wildman–Crippen MR) is 207 cm³/mol. The first-order valence-corrected chi connectivity index (χ1v) is 22.1. The predicted octanol–water partition coefficient (Wildman–Crippen LogP) is 4.82. The monoisotopic (exact) mass is 761 g/mol. The van der Waals surface area contributed by atoms with E-state index in [2.05, 4.69) is 48.6 Å². The second-order valence-electron chi connectivity index (χ2n) is 17.8. The van der Waals surface area contributed by atoms with Crippen LogP contribution in [0.3, 0.4) is 0 Å². The van der Waals surface area contributed by atoms with E-state index in [1.807, 2.05) is 13.8 Å². The van der Waals surface area contributed by atoms with Crippen LogP contribution in [0.5, 0.6) is 0 Å². The van der Waals surface area contributed by atoms with Gasteiger partial charge in [0.05, 0.1) is 23.1 Å². The number of carbonyl (C=O) groups excluding carboxylic acids is 5. The summed E-state index contributed by atoms with van der Waals surface area (Å²) in [6.45, 7) is 14.2. The van der Waals surface area contributed by atoms with Gasteiger partial charge in [0.2, 0.25) is 17.6 Å². The smallest absolute Gasteiger partial charge is 0.315 e. The summed E-state index contributed by atoms with van der Waals surface area (Å²) in [4.78, 5) is 70.7. The largest absolute Gasteiger partial charge is 0.346 e. The number of amides is 5. The van der Waals surface area contributed by atoms with Crippen LogP contribution >= 0.6 is 0 Å². The Balaban J connectivity index is 1.58. The normalized spacial score (nSPS) is 24.4. The topological polar surface area (TPSA) is 171 Å². The Morgan fingerprint density at radius 2 is 1.57 bits per heavy atom. The van der Waals surface area contributed by atoms with Crippen LogP contribution in [0.4, 0.5) is 4.79 Å². The van der Waals surface area contributed by atoms with E-state index in [1.54, 1.807) is 4.90 Å². The second kappa shape index (κ2) is 18.6. The van der Waals surface area contributed by atoms with E-state index in [-0.39, 0.29) is 59.6 Å². The number of urea groups is 1. The minimum absolute atomic E-state index is 0.0338. The Labute approximate surface area is 318 Å². The van der Waals surface area contributed by atoms with Crippen molar-refractivity contribution in [3.63, 3.8) is 0 Å². The van der Waals surface area contributed by atoms with Crippen molar-refractivity contribution in [2.24, 2.45) is 29.1 Å². The number of hydrogen-bond acceptors (Lipinski definition) is 7. The molecule has 4 aliphatic rings. The third-order valence-corrected chi connectivity index (χ3v) is 14.2. The molecule has 12 nitrogen and oxygen atoms in total. The van der Waals surface area contributed by atoms with Gasteiger partial charge < -0.3 is 26.2 Å². The molecule has 3 saturated carbocycles. The van der Waals surface area contributed by atoms with E-state index in [4.69, 9.17) is 0 Å². The summed E-state index contributed by atoms with van der Waals surface area (Å²) < 4.78 is 26.6. The molecule has 0 radical (unpaired) electrons. The first kappa shape index (κ1) is 42.8. The Morgan fingerprint density at radius 3 is 2.17 bits per heavy atom. The molecule has 1 aliphatic heterocycles. The van der Waals surface area contributed by atoms with Crippen LogP contribution in [-0.4, -0.2) is 91.1 Å². The SMILES string of the molecule is C=CCNC(=O)C(=O)C(CC1CC1)NC(=O)[C@@H]1CC(C)(C)C(C)CN1C(=O)[C@@H](NC(=O)NC1(CS(=O)(=O)CCC(C)C)CCCCC1)C1CCCCC1. The quantitative estimate of drug-likeness (QED) is 0.122. The summed E-state index contributed by atoms with van der Waals surface area (Å²) in [6.07, 6.45) is 12.7. The van der Waals surface area contributed by atoms with Gasteiger partial charge in [-0.1, -0.05) is 92.1 Å². The summed E-state index contributed by atoms with van der Waals surface area (Å²) >= 11 is 0. The second-order valence-corrected chi connectivity index (χ2v) is 20.0. The molecule has 0 bridgehead atoms. The molecule has 4 fully saturated rings. The van der Waals surface area contributed by atoms with Crippen LogP contribution in [0.1, 0.15) is 131 Å². The van der Waals surface area contributed by atoms with Gasteiger partial charge in [0, 0.05) is 13.1 Å². The zero-order chi connectivity index (χ0) is 39.0. The number of hydrogen-bond donors (Lipinski definition) is 4. The lowest BCUT2D eigenvalue weighted by Gasteiger charge is -2.48. The summed E-state index contributed by atoms with van der Waals surface area (Å²) in [7, 11) is -3.44. The molecule has 1 heterocycles. The molecule has 4 rings (SSSR count). The zero-order valence-corrected chi connectivity index (χ0v) is 33.8. The van der Waals surface area contributed by atoms with Gasteiger partial charge >= 0.3 is 6.03 Å². The highest BCUT2D eigenvalue weighted by atomic mass is 32.2. The number of Topliss-reactive ketones (excluding diaryl/α,β-unsaturated/α-hetero) is 1. The lowest BCUT2D eigenvalue weighted by Crippen LogP contribution is -2.65. The minimum Gasteiger partial charge on any atom is -0.346 e. The molecule has 2 unspecified atom stereocenters. The average Bonchev–Trinajstić information content (AvgIpc) is 3.93. The summed E-state index contributed by atoms with van der Waals surface area (Å²) in [6, 6.07) is -3.39. The van der Waals surface area contributed by atoms with Crippen LogP contribution in [0, 0.1) is 29.1 Å². The van der Waals surface area contributed by atoms with Crippen LogP contribution in [0.15, 0.2) is 12.7 Å². The molecule has 4 atom stereocenters. The van der Waals surface area contributed by atoms with Crippen LogP contribution in [0.2, 0.25) is 0 Å².